The molecule has 0 fully saturated rings. The summed E-state index contributed by atoms with van der Waals surface area (Å²) < 4.78 is 44.5. The van der Waals surface area contributed by atoms with Crippen LogP contribution in [0.1, 0.15) is 33.9 Å². The van der Waals surface area contributed by atoms with Gasteiger partial charge in [0.05, 0.1) is 17.2 Å². The summed E-state index contributed by atoms with van der Waals surface area (Å²) in [5.74, 6) is 0.310. The Morgan fingerprint density at radius 2 is 1.97 bits per heavy atom. The third-order valence-electron chi connectivity index (χ3n) is 4.42. The molecule has 0 saturated carbocycles. The Hall–Kier alpha value is -2.89. The van der Waals surface area contributed by atoms with Crippen molar-refractivity contribution in [3.63, 3.8) is 0 Å². The van der Waals surface area contributed by atoms with Gasteiger partial charge in [0.15, 0.2) is 0 Å². The van der Waals surface area contributed by atoms with Gasteiger partial charge < -0.3 is 9.84 Å². The molecular formula is C22H16BrF3N2O2. The second kappa shape index (κ2) is 9.28. The van der Waals surface area contributed by atoms with E-state index >= 15 is 0 Å². The minimum Gasteiger partial charge on any atom is -0.487 e. The topological polar surface area (TPSA) is 66.1 Å². The number of nitrogens with zero attached hydrogens (tertiary/aromatic N) is 2. The largest absolute Gasteiger partial charge is 0.487 e. The molecule has 0 amide bonds. The lowest BCUT2D eigenvalue weighted by molar-refractivity contribution is -0.137. The highest BCUT2D eigenvalue weighted by Gasteiger charge is 2.31. The molecule has 0 radical (unpaired) electrons. The number of aliphatic hydroxyl groups is 1. The van der Waals surface area contributed by atoms with E-state index in [0.29, 0.717) is 22.4 Å². The highest BCUT2D eigenvalue weighted by Crippen LogP contribution is 2.34. The van der Waals surface area contributed by atoms with Gasteiger partial charge in [0.25, 0.3) is 0 Å². The summed E-state index contributed by atoms with van der Waals surface area (Å²) in [6.45, 7) is 0.201. The first-order valence-corrected chi connectivity index (χ1v) is 9.66. The summed E-state index contributed by atoms with van der Waals surface area (Å²) in [5.41, 5.74) is 1.38. The van der Waals surface area contributed by atoms with Gasteiger partial charge in [-0.25, -0.2) is 0 Å². The predicted octanol–water partition coefficient (Wildman–Crippen LogP) is 5.59. The molecule has 0 saturated heterocycles. The summed E-state index contributed by atoms with van der Waals surface area (Å²) in [6, 6.07) is 13.6. The molecule has 8 heteroatoms. The normalized spacial score (nSPS) is 12.3. The quantitative estimate of drug-likeness (QED) is 0.503. The first-order valence-electron chi connectivity index (χ1n) is 8.87. The van der Waals surface area contributed by atoms with Crippen molar-refractivity contribution in [3.05, 3.63) is 93.2 Å². The van der Waals surface area contributed by atoms with E-state index in [1.165, 1.54) is 6.07 Å². The van der Waals surface area contributed by atoms with E-state index in [4.69, 9.17) is 4.74 Å². The van der Waals surface area contributed by atoms with E-state index in [2.05, 4.69) is 20.9 Å². The van der Waals surface area contributed by atoms with Crippen molar-refractivity contribution in [1.82, 2.24) is 4.98 Å². The van der Waals surface area contributed by atoms with Crippen molar-refractivity contribution < 1.29 is 23.0 Å². The van der Waals surface area contributed by atoms with Crippen LogP contribution in [0.2, 0.25) is 0 Å². The fraction of sp³-hybridized carbons (Fsp3) is 0.182. The van der Waals surface area contributed by atoms with Crippen molar-refractivity contribution in [2.75, 3.05) is 0 Å². The van der Waals surface area contributed by atoms with Gasteiger partial charge in [0.2, 0.25) is 0 Å². The minimum atomic E-state index is -4.44. The Morgan fingerprint density at radius 1 is 1.17 bits per heavy atom. The van der Waals surface area contributed by atoms with Crippen LogP contribution in [0.5, 0.6) is 5.75 Å². The molecular weight excluding hydrogens is 461 g/mol. The average Bonchev–Trinajstić information content (AvgIpc) is 2.73. The Labute approximate surface area is 179 Å². The van der Waals surface area contributed by atoms with Crippen molar-refractivity contribution in [3.8, 4) is 11.8 Å². The fourth-order valence-electron chi connectivity index (χ4n) is 2.82. The Bertz CT molecular complexity index is 1070. The number of pyridine rings is 1. The van der Waals surface area contributed by atoms with Crippen LogP contribution in [0.4, 0.5) is 13.2 Å². The molecule has 0 aliphatic rings. The summed E-state index contributed by atoms with van der Waals surface area (Å²) in [7, 11) is 0. The molecule has 3 rings (SSSR count). The molecule has 2 aromatic carbocycles. The van der Waals surface area contributed by atoms with Gasteiger partial charge in [-0.3, -0.25) is 4.98 Å². The molecule has 0 aliphatic heterocycles. The molecule has 30 heavy (non-hydrogen) atoms. The number of benzene rings is 2. The Kier molecular flexibility index (Phi) is 6.75. The highest BCUT2D eigenvalue weighted by molar-refractivity contribution is 9.10. The van der Waals surface area contributed by atoms with Crippen LogP contribution in [-0.4, -0.2) is 10.1 Å². The Morgan fingerprint density at radius 3 is 2.60 bits per heavy atom. The monoisotopic (exact) mass is 476 g/mol. The molecule has 4 nitrogen and oxygen atoms in total. The number of aliphatic hydroxyl groups excluding tert-OH is 1. The molecule has 0 spiro atoms. The standard InChI is InChI=1S/C22H16BrF3N2O2/c23-19-10-18(22(24,25)26)6-5-15(19)8-20(29)16-3-4-17(11-27)21(9-16)30-13-14-2-1-7-28-12-14/h1-7,9-10,12,20,29H,8,13H2/t20-/m1/s1. The van der Waals surface area contributed by atoms with Crippen LogP contribution in [-0.2, 0) is 19.2 Å². The van der Waals surface area contributed by atoms with Crippen LogP contribution < -0.4 is 4.74 Å². The zero-order valence-electron chi connectivity index (χ0n) is 15.5. The van der Waals surface area contributed by atoms with Crippen molar-refractivity contribution in [2.24, 2.45) is 0 Å². The van der Waals surface area contributed by atoms with Gasteiger partial charge in [0.1, 0.15) is 18.4 Å². The number of halogens is 4. The molecule has 154 valence electrons. The van der Waals surface area contributed by atoms with Crippen LogP contribution >= 0.6 is 15.9 Å². The van der Waals surface area contributed by atoms with Gasteiger partial charge in [-0.1, -0.05) is 34.1 Å². The van der Waals surface area contributed by atoms with Crippen LogP contribution in [0.25, 0.3) is 0 Å². The van der Waals surface area contributed by atoms with Gasteiger partial charge in [0, 0.05) is 28.9 Å². The maximum Gasteiger partial charge on any atom is 0.416 e. The number of hydrogen-bond acceptors (Lipinski definition) is 4. The van der Waals surface area contributed by atoms with E-state index in [0.717, 1.165) is 17.7 Å². The van der Waals surface area contributed by atoms with Gasteiger partial charge >= 0.3 is 6.18 Å². The SMILES string of the molecule is N#Cc1ccc([C@H](O)Cc2ccc(C(F)(F)F)cc2Br)cc1OCc1cccnc1. The first-order chi connectivity index (χ1) is 14.3. The fourth-order valence-corrected chi connectivity index (χ4v) is 3.36. The average molecular weight is 477 g/mol. The van der Waals surface area contributed by atoms with Crippen LogP contribution in [0.15, 0.2) is 65.4 Å². The first kappa shape index (κ1) is 21.8. The van der Waals surface area contributed by atoms with Gasteiger partial charge in [-0.15, -0.1) is 0 Å². The lowest BCUT2D eigenvalue weighted by atomic mass is 9.99. The van der Waals surface area contributed by atoms with E-state index < -0.39 is 17.8 Å². The number of alkyl halides is 3. The summed E-state index contributed by atoms with van der Waals surface area (Å²) >= 11 is 3.14. The molecule has 1 aromatic heterocycles. The highest BCUT2D eigenvalue weighted by atomic mass is 79.9. The number of nitriles is 1. The number of rotatable bonds is 6. The van der Waals surface area contributed by atoms with E-state index in [1.54, 1.807) is 36.7 Å². The molecule has 0 bridgehead atoms. The second-order valence-electron chi connectivity index (χ2n) is 6.54. The second-order valence-corrected chi connectivity index (χ2v) is 7.40. The number of hydrogen-bond donors (Lipinski definition) is 1. The predicted molar refractivity (Wildman–Crippen MR) is 108 cm³/mol. The maximum absolute atomic E-state index is 12.8. The van der Waals surface area contributed by atoms with Gasteiger partial charge in [-0.2, -0.15) is 18.4 Å². The van der Waals surface area contributed by atoms with E-state index in [1.807, 2.05) is 12.1 Å². The minimum absolute atomic E-state index is 0.0899. The third-order valence-corrected chi connectivity index (χ3v) is 5.16. The number of aromatic nitrogens is 1. The molecule has 1 atom stereocenters. The van der Waals surface area contributed by atoms with E-state index in [-0.39, 0.29) is 17.5 Å². The van der Waals surface area contributed by atoms with Crippen LogP contribution in [0, 0.1) is 11.3 Å². The maximum atomic E-state index is 12.8. The van der Waals surface area contributed by atoms with Crippen LogP contribution in [0.3, 0.4) is 0 Å². The third kappa shape index (κ3) is 5.38. The molecule has 1 heterocycles. The van der Waals surface area contributed by atoms with Crippen molar-refractivity contribution in [2.45, 2.75) is 25.3 Å². The lowest BCUT2D eigenvalue weighted by Crippen LogP contribution is -2.07. The zero-order valence-corrected chi connectivity index (χ0v) is 17.1. The summed E-state index contributed by atoms with van der Waals surface area (Å²) in [5, 5.41) is 19.9. The molecule has 0 unspecified atom stereocenters. The summed E-state index contributed by atoms with van der Waals surface area (Å²) in [4.78, 5) is 4.00. The molecule has 1 N–H and O–H groups in total. The Balaban J connectivity index is 1.77. The lowest BCUT2D eigenvalue weighted by Gasteiger charge is -2.16. The van der Waals surface area contributed by atoms with Gasteiger partial charge in [-0.05, 0) is 41.5 Å². The summed E-state index contributed by atoms with van der Waals surface area (Å²) in [6.07, 6.45) is -2.06. The van der Waals surface area contributed by atoms with Crippen molar-refractivity contribution >= 4 is 15.9 Å². The van der Waals surface area contributed by atoms with E-state index in [9.17, 15) is 23.5 Å². The smallest absolute Gasteiger partial charge is 0.416 e. The van der Waals surface area contributed by atoms with Crippen molar-refractivity contribution in [1.29, 1.82) is 5.26 Å². The zero-order chi connectivity index (χ0) is 21.7. The number of ether oxygens (including phenoxy) is 1. The molecule has 0 aliphatic carbocycles. The molecule has 3 aromatic rings.